The van der Waals surface area contributed by atoms with Gasteiger partial charge in [-0.15, -0.1) is 0 Å². The van der Waals surface area contributed by atoms with Crippen molar-refractivity contribution in [3.05, 3.63) is 0 Å². The van der Waals surface area contributed by atoms with Crippen molar-refractivity contribution < 1.29 is 29.0 Å². The van der Waals surface area contributed by atoms with Crippen LogP contribution in [0.1, 0.15) is 27.2 Å². The lowest BCUT2D eigenvalue weighted by Crippen LogP contribution is -2.40. The molecule has 0 aliphatic carbocycles. The van der Waals surface area contributed by atoms with Gasteiger partial charge in [-0.05, 0) is 20.8 Å². The maximum absolute atomic E-state index is 11.8. The Morgan fingerprint density at radius 3 is 2.37 bits per heavy atom. The summed E-state index contributed by atoms with van der Waals surface area (Å²) in [5.74, 6) is -1.74. The van der Waals surface area contributed by atoms with Gasteiger partial charge in [-0.3, -0.25) is 14.5 Å². The van der Waals surface area contributed by atoms with E-state index in [0.29, 0.717) is 4.90 Å². The van der Waals surface area contributed by atoms with E-state index < -0.39 is 36.1 Å². The van der Waals surface area contributed by atoms with Crippen LogP contribution >= 0.6 is 0 Å². The first-order valence-electron chi connectivity index (χ1n) is 5.68. The van der Waals surface area contributed by atoms with Gasteiger partial charge in [0.1, 0.15) is 12.1 Å². The predicted octanol–water partition coefficient (Wildman–Crippen LogP) is 0.660. The molecule has 0 bridgehead atoms. The summed E-state index contributed by atoms with van der Waals surface area (Å²) in [6.07, 6.45) is -1.27. The van der Waals surface area contributed by atoms with Crippen LogP contribution in [0.3, 0.4) is 0 Å². The van der Waals surface area contributed by atoms with Crippen LogP contribution in [0.2, 0.25) is 0 Å². The van der Waals surface area contributed by atoms with E-state index in [1.807, 2.05) is 0 Å². The van der Waals surface area contributed by atoms with Crippen LogP contribution in [0.4, 0.5) is 9.59 Å². The van der Waals surface area contributed by atoms with Crippen LogP contribution in [-0.4, -0.2) is 57.6 Å². The molecule has 106 valence electrons. The molecule has 0 aromatic rings. The molecule has 4 amide bonds. The monoisotopic (exact) mass is 272 g/mol. The molecular weight excluding hydrogens is 256 g/mol. The van der Waals surface area contributed by atoms with E-state index in [2.05, 4.69) is 0 Å². The number of carboxylic acids is 1. The molecule has 1 N–H and O–H groups in total. The Kier molecular flexibility index (Phi) is 4.13. The Labute approximate surface area is 109 Å². The van der Waals surface area contributed by atoms with Crippen LogP contribution in [0.25, 0.3) is 0 Å². The molecule has 0 aromatic heterocycles. The summed E-state index contributed by atoms with van der Waals surface area (Å²) in [6.45, 7) is 4.22. The number of ether oxygens (including phenoxy) is 1. The zero-order valence-electron chi connectivity index (χ0n) is 11.0. The molecule has 0 spiro atoms. The number of hydrogen-bond donors (Lipinski definition) is 1. The van der Waals surface area contributed by atoms with Crippen LogP contribution in [0.15, 0.2) is 0 Å². The predicted molar refractivity (Wildman–Crippen MR) is 62.3 cm³/mol. The fourth-order valence-corrected chi connectivity index (χ4v) is 1.43. The Morgan fingerprint density at radius 2 is 1.89 bits per heavy atom. The van der Waals surface area contributed by atoms with Crippen molar-refractivity contribution in [2.45, 2.75) is 32.8 Å². The van der Waals surface area contributed by atoms with Gasteiger partial charge in [0.15, 0.2) is 0 Å². The minimum atomic E-state index is -1.13. The average Bonchev–Trinajstić information content (AvgIpc) is 2.49. The summed E-state index contributed by atoms with van der Waals surface area (Å²) in [5.41, 5.74) is -0.783. The zero-order chi connectivity index (χ0) is 14.8. The third-order valence-electron chi connectivity index (χ3n) is 2.22. The zero-order valence-corrected chi connectivity index (χ0v) is 11.0. The fraction of sp³-hybridized carbons (Fsp3) is 0.636. The molecule has 1 aliphatic rings. The van der Waals surface area contributed by atoms with Crippen LogP contribution in [0, 0.1) is 0 Å². The summed E-state index contributed by atoms with van der Waals surface area (Å²) in [5, 5.41) is 8.52. The molecular formula is C11H16N2O6. The molecule has 1 rings (SSSR count). The normalized spacial score (nSPS) is 15.9. The Bertz CT molecular complexity index is 425. The first kappa shape index (κ1) is 14.9. The fourth-order valence-electron chi connectivity index (χ4n) is 1.43. The second-order valence-electron chi connectivity index (χ2n) is 5.04. The topological polar surface area (TPSA) is 104 Å². The molecule has 1 fully saturated rings. The Hall–Kier alpha value is -2.12. The van der Waals surface area contributed by atoms with Gasteiger partial charge < -0.3 is 9.84 Å². The van der Waals surface area contributed by atoms with Gasteiger partial charge in [-0.25, -0.2) is 14.5 Å². The van der Waals surface area contributed by atoms with Gasteiger partial charge in [0.05, 0.1) is 6.42 Å². The molecule has 8 nitrogen and oxygen atoms in total. The van der Waals surface area contributed by atoms with Gasteiger partial charge in [-0.2, -0.15) is 0 Å². The second-order valence-corrected chi connectivity index (χ2v) is 5.04. The first-order chi connectivity index (χ1) is 8.61. The third kappa shape index (κ3) is 3.94. The highest BCUT2D eigenvalue weighted by Gasteiger charge is 2.41. The lowest BCUT2D eigenvalue weighted by Gasteiger charge is -2.22. The number of nitrogens with zero attached hydrogens (tertiary/aromatic N) is 2. The highest BCUT2D eigenvalue weighted by atomic mass is 16.6. The number of urea groups is 1. The van der Waals surface area contributed by atoms with E-state index in [1.165, 1.54) is 0 Å². The van der Waals surface area contributed by atoms with E-state index in [4.69, 9.17) is 9.84 Å². The molecule has 1 saturated heterocycles. The number of imide groups is 2. The lowest BCUT2D eigenvalue weighted by molar-refractivity contribution is -0.137. The maximum atomic E-state index is 11.8. The quantitative estimate of drug-likeness (QED) is 0.757. The molecule has 8 heteroatoms. The smallest absolute Gasteiger partial charge is 0.419 e. The number of carbonyl (C=O) groups excluding carboxylic acids is 3. The molecule has 0 aromatic carbocycles. The number of amides is 4. The van der Waals surface area contributed by atoms with Crippen LogP contribution in [0.5, 0.6) is 0 Å². The molecule has 19 heavy (non-hydrogen) atoms. The van der Waals surface area contributed by atoms with Crippen molar-refractivity contribution in [2.75, 3.05) is 13.1 Å². The molecule has 0 unspecified atom stereocenters. The van der Waals surface area contributed by atoms with Gasteiger partial charge >= 0.3 is 18.1 Å². The number of aliphatic carboxylic acids is 1. The van der Waals surface area contributed by atoms with E-state index in [0.717, 1.165) is 4.90 Å². The minimum Gasteiger partial charge on any atom is -0.481 e. The van der Waals surface area contributed by atoms with Crippen molar-refractivity contribution in [2.24, 2.45) is 0 Å². The van der Waals surface area contributed by atoms with E-state index in [-0.39, 0.29) is 13.0 Å². The van der Waals surface area contributed by atoms with E-state index >= 15 is 0 Å². The SMILES string of the molecule is CC(C)(C)OC(=O)N1CC(=O)N(CCC(=O)O)C1=O. The first-order valence-corrected chi connectivity index (χ1v) is 5.68. The Balaban J connectivity index is 2.69. The Morgan fingerprint density at radius 1 is 1.32 bits per heavy atom. The molecule has 1 heterocycles. The van der Waals surface area contributed by atoms with Crippen LogP contribution < -0.4 is 0 Å². The standard InChI is InChI=1S/C11H16N2O6/c1-11(2,3)19-10(18)13-6-7(14)12(9(13)17)5-4-8(15)16/h4-6H2,1-3H3,(H,15,16). The van der Waals surface area contributed by atoms with Crippen molar-refractivity contribution >= 4 is 24.0 Å². The van der Waals surface area contributed by atoms with Crippen molar-refractivity contribution in [3.63, 3.8) is 0 Å². The van der Waals surface area contributed by atoms with Gasteiger partial charge in [0, 0.05) is 6.54 Å². The van der Waals surface area contributed by atoms with Crippen molar-refractivity contribution in [1.29, 1.82) is 0 Å². The number of carboxylic acid groups (broad SMARTS) is 1. The second kappa shape index (κ2) is 5.25. The number of hydrogen-bond acceptors (Lipinski definition) is 5. The largest absolute Gasteiger partial charge is 0.481 e. The minimum absolute atomic E-state index is 0.258. The highest BCUT2D eigenvalue weighted by molar-refractivity contribution is 6.08. The summed E-state index contributed by atoms with van der Waals surface area (Å²) in [4.78, 5) is 46.8. The lowest BCUT2D eigenvalue weighted by atomic mass is 10.2. The highest BCUT2D eigenvalue weighted by Crippen LogP contribution is 2.16. The molecule has 0 atom stereocenters. The van der Waals surface area contributed by atoms with Crippen molar-refractivity contribution in [3.8, 4) is 0 Å². The number of carbonyl (C=O) groups is 4. The maximum Gasteiger partial charge on any atom is 0.419 e. The summed E-state index contributed by atoms with van der Waals surface area (Å²) < 4.78 is 4.99. The summed E-state index contributed by atoms with van der Waals surface area (Å²) in [7, 11) is 0. The van der Waals surface area contributed by atoms with Gasteiger partial charge in [0.25, 0.3) is 5.91 Å². The van der Waals surface area contributed by atoms with Gasteiger partial charge in [0.2, 0.25) is 0 Å². The van der Waals surface area contributed by atoms with Crippen LogP contribution in [-0.2, 0) is 14.3 Å². The van der Waals surface area contributed by atoms with E-state index in [9.17, 15) is 19.2 Å². The molecule has 1 aliphatic heterocycles. The average molecular weight is 272 g/mol. The summed E-state index contributed by atoms with van der Waals surface area (Å²) in [6, 6.07) is -0.847. The third-order valence-corrected chi connectivity index (χ3v) is 2.22. The van der Waals surface area contributed by atoms with Crippen molar-refractivity contribution in [1.82, 2.24) is 9.80 Å². The summed E-state index contributed by atoms with van der Waals surface area (Å²) >= 11 is 0. The molecule has 0 radical (unpaired) electrons. The van der Waals surface area contributed by atoms with E-state index in [1.54, 1.807) is 20.8 Å². The molecule has 0 saturated carbocycles. The number of rotatable bonds is 3. The van der Waals surface area contributed by atoms with Gasteiger partial charge in [-0.1, -0.05) is 0 Å².